The fraction of sp³-hybridized carbons (Fsp3) is 0.688. The molecule has 6 heteroatoms. The summed E-state index contributed by atoms with van der Waals surface area (Å²) < 4.78 is 10.4. The summed E-state index contributed by atoms with van der Waals surface area (Å²) in [5, 5.41) is 6.64. The molecule has 5 nitrogen and oxygen atoms in total. The van der Waals surface area contributed by atoms with E-state index in [1.807, 2.05) is 0 Å². The molecular weight excluding hydrogens is 298 g/mol. The Morgan fingerprint density at radius 2 is 2.05 bits per heavy atom. The molecule has 0 saturated heterocycles. The Labute approximate surface area is 138 Å². The highest BCUT2D eigenvalue weighted by molar-refractivity contribution is 7.11. The van der Waals surface area contributed by atoms with Gasteiger partial charge >= 0.3 is 0 Å². The minimum absolute atomic E-state index is 0.664. The van der Waals surface area contributed by atoms with Crippen LogP contribution in [0.15, 0.2) is 17.1 Å². The molecule has 0 aliphatic carbocycles. The summed E-state index contributed by atoms with van der Waals surface area (Å²) in [5.41, 5.74) is 0. The fourth-order valence-corrected chi connectivity index (χ4v) is 2.66. The van der Waals surface area contributed by atoms with Gasteiger partial charge in [-0.3, -0.25) is 0 Å². The molecule has 0 radical (unpaired) electrons. The molecule has 1 aromatic rings. The largest absolute Gasteiger partial charge is 0.382 e. The fourth-order valence-electron chi connectivity index (χ4n) is 1.85. The van der Waals surface area contributed by atoms with Crippen molar-refractivity contribution in [3.8, 4) is 0 Å². The number of thiophene rings is 1. The lowest BCUT2D eigenvalue weighted by atomic mass is 10.3. The van der Waals surface area contributed by atoms with Crippen LogP contribution in [0.1, 0.15) is 29.5 Å². The monoisotopic (exact) mass is 327 g/mol. The minimum Gasteiger partial charge on any atom is -0.382 e. The van der Waals surface area contributed by atoms with Crippen molar-refractivity contribution >= 4 is 17.3 Å². The molecule has 1 aromatic heterocycles. The zero-order chi connectivity index (χ0) is 16.0. The van der Waals surface area contributed by atoms with E-state index in [9.17, 15) is 0 Å². The van der Waals surface area contributed by atoms with Crippen molar-refractivity contribution in [2.45, 2.75) is 33.2 Å². The van der Waals surface area contributed by atoms with Gasteiger partial charge in [-0.05, 0) is 38.8 Å². The summed E-state index contributed by atoms with van der Waals surface area (Å²) in [7, 11) is 1.69. The first-order chi connectivity index (χ1) is 10.8. The lowest BCUT2D eigenvalue weighted by Crippen LogP contribution is -2.37. The predicted molar refractivity (Wildman–Crippen MR) is 93.8 cm³/mol. The van der Waals surface area contributed by atoms with Crippen LogP contribution >= 0.6 is 11.3 Å². The Morgan fingerprint density at radius 1 is 1.18 bits per heavy atom. The van der Waals surface area contributed by atoms with Gasteiger partial charge in [0, 0.05) is 36.6 Å². The summed E-state index contributed by atoms with van der Waals surface area (Å²) >= 11 is 1.80. The number of aliphatic imine (C=N–C) groups is 1. The highest BCUT2D eigenvalue weighted by Crippen LogP contribution is 2.15. The van der Waals surface area contributed by atoms with E-state index in [1.165, 1.54) is 9.75 Å². The van der Waals surface area contributed by atoms with E-state index < -0.39 is 0 Å². The molecule has 0 amide bonds. The molecule has 1 heterocycles. The normalized spacial score (nSPS) is 11.7. The Bertz CT molecular complexity index is 421. The van der Waals surface area contributed by atoms with Crippen LogP contribution in [0.25, 0.3) is 0 Å². The minimum atomic E-state index is 0.664. The smallest absolute Gasteiger partial charge is 0.191 e. The van der Waals surface area contributed by atoms with Crippen molar-refractivity contribution in [1.82, 2.24) is 10.6 Å². The number of ether oxygens (including phenoxy) is 2. The lowest BCUT2D eigenvalue weighted by molar-refractivity contribution is 0.0689. The average molecular weight is 327 g/mol. The molecule has 0 spiro atoms. The Morgan fingerprint density at radius 3 is 2.73 bits per heavy atom. The number of methoxy groups -OCH3 is 1. The Balaban J connectivity index is 2.17. The van der Waals surface area contributed by atoms with Crippen molar-refractivity contribution < 1.29 is 9.47 Å². The molecule has 126 valence electrons. The van der Waals surface area contributed by atoms with Crippen LogP contribution in [0, 0.1) is 6.92 Å². The summed E-state index contributed by atoms with van der Waals surface area (Å²) in [6, 6.07) is 4.28. The first-order valence-corrected chi connectivity index (χ1v) is 8.72. The summed E-state index contributed by atoms with van der Waals surface area (Å²) in [6.07, 6.45) is 2.11. The molecule has 0 bridgehead atoms. The van der Waals surface area contributed by atoms with Gasteiger partial charge in [0.25, 0.3) is 0 Å². The van der Waals surface area contributed by atoms with Gasteiger partial charge in [0.2, 0.25) is 0 Å². The maximum atomic E-state index is 5.44. The Hall–Kier alpha value is -1.11. The topological polar surface area (TPSA) is 54.9 Å². The summed E-state index contributed by atoms with van der Waals surface area (Å²) in [4.78, 5) is 7.24. The SMILES string of the molecule is CCNC(=NCc1ccc(C)s1)NCCCCOCCOC. The molecule has 0 fully saturated rings. The number of rotatable bonds is 11. The van der Waals surface area contributed by atoms with Crippen LogP contribution in [-0.2, 0) is 16.0 Å². The highest BCUT2D eigenvalue weighted by Gasteiger charge is 1.99. The van der Waals surface area contributed by atoms with Crippen LogP contribution in [0.5, 0.6) is 0 Å². The first kappa shape index (κ1) is 18.9. The van der Waals surface area contributed by atoms with E-state index in [-0.39, 0.29) is 0 Å². The van der Waals surface area contributed by atoms with Gasteiger partial charge in [-0.1, -0.05) is 0 Å². The van der Waals surface area contributed by atoms with Crippen molar-refractivity contribution in [1.29, 1.82) is 0 Å². The van der Waals surface area contributed by atoms with Crippen LogP contribution in [0.3, 0.4) is 0 Å². The van der Waals surface area contributed by atoms with Gasteiger partial charge in [0.1, 0.15) is 0 Å². The number of hydrogen-bond donors (Lipinski definition) is 2. The van der Waals surface area contributed by atoms with Crippen molar-refractivity contribution in [3.63, 3.8) is 0 Å². The summed E-state index contributed by atoms with van der Waals surface area (Å²) in [6.45, 7) is 8.83. The second-order valence-corrected chi connectivity index (χ2v) is 6.32. The van der Waals surface area contributed by atoms with Gasteiger partial charge in [-0.15, -0.1) is 11.3 Å². The van der Waals surface area contributed by atoms with Gasteiger partial charge in [-0.25, -0.2) is 4.99 Å². The van der Waals surface area contributed by atoms with Crippen molar-refractivity contribution in [2.75, 3.05) is 40.0 Å². The quantitative estimate of drug-likeness (QED) is 0.373. The zero-order valence-electron chi connectivity index (χ0n) is 14.0. The molecule has 22 heavy (non-hydrogen) atoms. The van der Waals surface area contributed by atoms with Crippen LogP contribution in [-0.4, -0.2) is 46.0 Å². The number of guanidine groups is 1. The van der Waals surface area contributed by atoms with Crippen molar-refractivity contribution in [2.24, 2.45) is 4.99 Å². The molecule has 1 rings (SSSR count). The number of nitrogens with one attached hydrogen (secondary N) is 2. The number of unbranched alkanes of at least 4 members (excludes halogenated alkanes) is 1. The third-order valence-electron chi connectivity index (χ3n) is 2.97. The average Bonchev–Trinajstić information content (AvgIpc) is 2.93. The highest BCUT2D eigenvalue weighted by atomic mass is 32.1. The molecule has 0 aromatic carbocycles. The standard InChI is InChI=1S/C16H29N3O2S/c1-4-17-16(19-13-15-8-7-14(2)22-15)18-9-5-6-10-21-12-11-20-3/h7-8H,4-6,9-13H2,1-3H3,(H2,17,18,19). The molecular formula is C16H29N3O2S. The van der Waals surface area contributed by atoms with Gasteiger partial charge in [-0.2, -0.15) is 0 Å². The third kappa shape index (κ3) is 9.02. The van der Waals surface area contributed by atoms with Crippen LogP contribution in [0.2, 0.25) is 0 Å². The van der Waals surface area contributed by atoms with E-state index in [4.69, 9.17) is 9.47 Å². The van der Waals surface area contributed by atoms with E-state index in [0.717, 1.165) is 45.0 Å². The molecule has 2 N–H and O–H groups in total. The van der Waals surface area contributed by atoms with E-state index >= 15 is 0 Å². The van der Waals surface area contributed by atoms with Crippen molar-refractivity contribution in [3.05, 3.63) is 21.9 Å². The molecule has 0 aliphatic heterocycles. The maximum absolute atomic E-state index is 5.44. The van der Waals surface area contributed by atoms with Crippen LogP contribution < -0.4 is 10.6 Å². The van der Waals surface area contributed by atoms with Gasteiger partial charge in [0.05, 0.1) is 19.8 Å². The second-order valence-electron chi connectivity index (χ2n) is 4.95. The molecule has 0 saturated carbocycles. The Kier molecular flexibility index (Phi) is 10.7. The number of hydrogen-bond acceptors (Lipinski definition) is 4. The number of aryl methyl sites for hydroxylation is 1. The van der Waals surface area contributed by atoms with Crippen LogP contribution in [0.4, 0.5) is 0 Å². The number of nitrogens with zero attached hydrogens (tertiary/aromatic N) is 1. The third-order valence-corrected chi connectivity index (χ3v) is 3.96. The molecule has 0 unspecified atom stereocenters. The summed E-state index contributed by atoms with van der Waals surface area (Å²) in [5.74, 6) is 0.883. The second kappa shape index (κ2) is 12.4. The van der Waals surface area contributed by atoms with E-state index in [1.54, 1.807) is 18.4 Å². The first-order valence-electron chi connectivity index (χ1n) is 7.90. The predicted octanol–water partition coefficient (Wildman–Crippen LogP) is 2.55. The maximum Gasteiger partial charge on any atom is 0.191 e. The molecule has 0 aliphatic rings. The van der Waals surface area contributed by atoms with E-state index in [0.29, 0.717) is 13.2 Å². The van der Waals surface area contributed by atoms with E-state index in [2.05, 4.69) is 41.6 Å². The van der Waals surface area contributed by atoms with Gasteiger partial charge in [0.15, 0.2) is 5.96 Å². The lowest BCUT2D eigenvalue weighted by Gasteiger charge is -2.11. The van der Waals surface area contributed by atoms with Gasteiger partial charge < -0.3 is 20.1 Å². The molecule has 0 atom stereocenters. The zero-order valence-corrected chi connectivity index (χ0v) is 14.8.